The topological polar surface area (TPSA) is 90.0 Å². The molecule has 148 valence electrons. The van der Waals surface area contributed by atoms with Crippen molar-refractivity contribution in [2.24, 2.45) is 11.7 Å². The van der Waals surface area contributed by atoms with Crippen LogP contribution < -0.4 is 11.1 Å². The van der Waals surface area contributed by atoms with Gasteiger partial charge in [0, 0.05) is 12.8 Å². The SMILES string of the molecule is NC(=O)c1cc2c(cc1Cl)-n1c(cnc1CC1CCCCC1)C(CCC=O)N2. The number of imidazole rings is 1. The molecule has 0 saturated heterocycles. The van der Waals surface area contributed by atoms with Crippen molar-refractivity contribution in [1.82, 2.24) is 9.55 Å². The molecule has 6 nitrogen and oxygen atoms in total. The predicted molar refractivity (Wildman–Crippen MR) is 109 cm³/mol. The van der Waals surface area contributed by atoms with Gasteiger partial charge in [-0.25, -0.2) is 4.98 Å². The van der Waals surface area contributed by atoms with Crippen molar-refractivity contribution >= 4 is 29.5 Å². The fourth-order valence-electron chi connectivity index (χ4n) is 4.49. The summed E-state index contributed by atoms with van der Waals surface area (Å²) in [6, 6.07) is 3.45. The molecule has 4 rings (SSSR count). The molecule has 1 aliphatic heterocycles. The molecule has 2 aliphatic rings. The number of amides is 1. The number of anilines is 1. The molecule has 0 bridgehead atoms. The molecule has 2 heterocycles. The van der Waals surface area contributed by atoms with E-state index in [-0.39, 0.29) is 6.04 Å². The maximum atomic E-state index is 11.7. The Bertz CT molecular complexity index is 902. The Hall–Kier alpha value is -2.34. The normalized spacial score (nSPS) is 18.8. The molecule has 3 N–H and O–H groups in total. The Morgan fingerprint density at radius 3 is 2.82 bits per heavy atom. The minimum atomic E-state index is -0.558. The Balaban J connectivity index is 1.77. The second kappa shape index (κ2) is 7.95. The summed E-state index contributed by atoms with van der Waals surface area (Å²) in [5.41, 5.74) is 8.48. The summed E-state index contributed by atoms with van der Waals surface area (Å²) in [5, 5.41) is 3.78. The number of carbonyl (C=O) groups is 2. The summed E-state index contributed by atoms with van der Waals surface area (Å²) in [5.74, 6) is 1.11. The molecule has 1 aliphatic carbocycles. The quantitative estimate of drug-likeness (QED) is 0.711. The highest BCUT2D eigenvalue weighted by molar-refractivity contribution is 6.34. The van der Waals surface area contributed by atoms with E-state index < -0.39 is 5.91 Å². The lowest BCUT2D eigenvalue weighted by atomic mass is 9.87. The molecule has 1 amide bonds. The number of aldehydes is 1. The fourth-order valence-corrected chi connectivity index (χ4v) is 4.74. The van der Waals surface area contributed by atoms with Crippen LogP contribution in [0, 0.1) is 5.92 Å². The summed E-state index contributed by atoms with van der Waals surface area (Å²) in [6.45, 7) is 0. The number of hydrogen-bond acceptors (Lipinski definition) is 4. The van der Waals surface area contributed by atoms with Gasteiger partial charge in [-0.3, -0.25) is 9.36 Å². The molecule has 1 fully saturated rings. The van der Waals surface area contributed by atoms with E-state index in [2.05, 4.69) is 9.88 Å². The maximum Gasteiger partial charge on any atom is 0.250 e. The minimum absolute atomic E-state index is 0.0489. The second-order valence-electron chi connectivity index (χ2n) is 7.80. The van der Waals surface area contributed by atoms with Crippen LogP contribution >= 0.6 is 11.6 Å². The van der Waals surface area contributed by atoms with Gasteiger partial charge in [0.05, 0.1) is 39.9 Å². The Kier molecular flexibility index (Phi) is 5.40. The van der Waals surface area contributed by atoms with Gasteiger partial charge < -0.3 is 15.8 Å². The van der Waals surface area contributed by atoms with Crippen LogP contribution in [0.4, 0.5) is 5.69 Å². The van der Waals surface area contributed by atoms with Gasteiger partial charge in [0.1, 0.15) is 12.1 Å². The number of benzene rings is 1. The zero-order valence-corrected chi connectivity index (χ0v) is 16.5. The first-order valence-corrected chi connectivity index (χ1v) is 10.4. The van der Waals surface area contributed by atoms with Gasteiger partial charge in [-0.05, 0) is 24.5 Å². The summed E-state index contributed by atoms with van der Waals surface area (Å²) >= 11 is 6.35. The number of nitrogens with zero attached hydrogens (tertiary/aromatic N) is 2. The Morgan fingerprint density at radius 2 is 2.11 bits per heavy atom. The van der Waals surface area contributed by atoms with Crippen molar-refractivity contribution in [2.75, 3.05) is 5.32 Å². The first-order valence-electron chi connectivity index (χ1n) is 9.99. The third-order valence-electron chi connectivity index (χ3n) is 5.91. The molecular formula is C21H25ClN4O2. The number of aromatic nitrogens is 2. The van der Waals surface area contributed by atoms with E-state index >= 15 is 0 Å². The first kappa shape index (κ1) is 19.0. The molecule has 1 atom stereocenters. The molecule has 28 heavy (non-hydrogen) atoms. The Labute approximate surface area is 169 Å². The second-order valence-corrected chi connectivity index (χ2v) is 8.20. The van der Waals surface area contributed by atoms with Gasteiger partial charge in [0.15, 0.2) is 0 Å². The van der Waals surface area contributed by atoms with Crippen molar-refractivity contribution in [3.8, 4) is 5.69 Å². The number of nitrogens with two attached hydrogens (primary N) is 1. The molecule has 2 aromatic rings. The van der Waals surface area contributed by atoms with Gasteiger partial charge >= 0.3 is 0 Å². The molecule has 1 aromatic carbocycles. The van der Waals surface area contributed by atoms with Gasteiger partial charge in [-0.2, -0.15) is 0 Å². The van der Waals surface area contributed by atoms with Crippen LogP contribution in [0.3, 0.4) is 0 Å². The molecule has 1 aromatic heterocycles. The van der Waals surface area contributed by atoms with Crippen LogP contribution in [0.5, 0.6) is 0 Å². The molecule has 7 heteroatoms. The fraction of sp³-hybridized carbons (Fsp3) is 0.476. The van der Waals surface area contributed by atoms with Crippen LogP contribution in [0.15, 0.2) is 18.3 Å². The molecule has 1 saturated carbocycles. The number of nitrogens with one attached hydrogen (secondary N) is 1. The summed E-state index contributed by atoms with van der Waals surface area (Å²) in [6.07, 6.45) is 11.2. The van der Waals surface area contributed by atoms with Gasteiger partial charge in [0.2, 0.25) is 5.91 Å². The lowest BCUT2D eigenvalue weighted by Crippen LogP contribution is -2.24. The standard InChI is InChI=1S/C21H25ClN4O2/c22-15-11-18-17(10-14(15)21(23)28)25-16(7-4-8-27)19-12-24-20(26(18)19)9-13-5-2-1-3-6-13/h8,10-13,16,25H,1-7,9H2,(H2,23,28). The monoisotopic (exact) mass is 400 g/mol. The number of rotatable bonds is 6. The van der Waals surface area contributed by atoms with Gasteiger partial charge in [0.25, 0.3) is 0 Å². The van der Waals surface area contributed by atoms with Gasteiger partial charge in [-0.1, -0.05) is 43.7 Å². The summed E-state index contributed by atoms with van der Waals surface area (Å²) in [7, 11) is 0. The molecule has 0 radical (unpaired) electrons. The zero-order chi connectivity index (χ0) is 19.7. The van der Waals surface area contributed by atoms with Crippen LogP contribution in [-0.4, -0.2) is 21.7 Å². The van der Waals surface area contributed by atoms with E-state index in [0.29, 0.717) is 29.3 Å². The predicted octanol–water partition coefficient (Wildman–Crippen LogP) is 4.19. The Morgan fingerprint density at radius 1 is 1.32 bits per heavy atom. The third kappa shape index (κ3) is 3.53. The van der Waals surface area contributed by atoms with Crippen molar-refractivity contribution < 1.29 is 9.59 Å². The summed E-state index contributed by atoms with van der Waals surface area (Å²) in [4.78, 5) is 27.4. The van der Waals surface area contributed by atoms with Gasteiger partial charge in [-0.15, -0.1) is 0 Å². The number of hydrogen-bond donors (Lipinski definition) is 2. The van der Waals surface area contributed by atoms with Crippen molar-refractivity contribution in [1.29, 1.82) is 0 Å². The maximum absolute atomic E-state index is 11.7. The smallest absolute Gasteiger partial charge is 0.250 e. The first-order chi connectivity index (χ1) is 13.6. The lowest BCUT2D eigenvalue weighted by molar-refractivity contribution is -0.108. The number of fused-ring (bicyclic) bond motifs is 3. The van der Waals surface area contributed by atoms with Crippen molar-refractivity contribution in [3.05, 3.63) is 40.4 Å². The highest BCUT2D eigenvalue weighted by atomic mass is 35.5. The van der Waals surface area contributed by atoms with Crippen LogP contribution in [0.2, 0.25) is 5.02 Å². The average molecular weight is 401 g/mol. The van der Waals surface area contributed by atoms with E-state index in [1.807, 2.05) is 6.20 Å². The van der Waals surface area contributed by atoms with Crippen LogP contribution in [0.1, 0.15) is 72.9 Å². The van der Waals surface area contributed by atoms with Crippen LogP contribution in [0.25, 0.3) is 5.69 Å². The molecule has 1 unspecified atom stereocenters. The van der Waals surface area contributed by atoms with Crippen LogP contribution in [-0.2, 0) is 11.2 Å². The zero-order valence-electron chi connectivity index (χ0n) is 15.8. The third-order valence-corrected chi connectivity index (χ3v) is 6.22. The van der Waals surface area contributed by atoms with E-state index in [4.69, 9.17) is 22.3 Å². The number of halogens is 1. The van der Waals surface area contributed by atoms with E-state index in [0.717, 1.165) is 35.6 Å². The largest absolute Gasteiger partial charge is 0.375 e. The molecular weight excluding hydrogens is 376 g/mol. The van der Waals surface area contributed by atoms with E-state index in [9.17, 15) is 9.59 Å². The number of primary amides is 1. The van der Waals surface area contributed by atoms with Crippen molar-refractivity contribution in [3.63, 3.8) is 0 Å². The average Bonchev–Trinajstić information content (AvgIpc) is 3.10. The summed E-state index contributed by atoms with van der Waals surface area (Å²) < 4.78 is 2.16. The van der Waals surface area contributed by atoms with E-state index in [1.165, 1.54) is 32.1 Å². The lowest BCUT2D eigenvalue weighted by Gasteiger charge is -2.31. The van der Waals surface area contributed by atoms with Crippen molar-refractivity contribution in [2.45, 2.75) is 57.4 Å². The van der Waals surface area contributed by atoms with E-state index in [1.54, 1.807) is 12.1 Å². The highest BCUT2D eigenvalue weighted by Gasteiger charge is 2.29. The minimum Gasteiger partial charge on any atom is -0.375 e. The highest BCUT2D eigenvalue weighted by Crippen LogP contribution is 2.40. The molecule has 0 spiro atoms. The number of carbonyl (C=O) groups excluding carboxylic acids is 2.